The molecule has 0 amide bonds. The molecule has 0 N–H and O–H groups in total. The van der Waals surface area contributed by atoms with E-state index in [9.17, 15) is 0 Å². The predicted octanol–water partition coefficient (Wildman–Crippen LogP) is 4.47. The van der Waals surface area contributed by atoms with Gasteiger partial charge in [-0.1, -0.05) is 32.0 Å². The number of aromatic nitrogens is 2. The summed E-state index contributed by atoms with van der Waals surface area (Å²) in [5.74, 6) is 1.47. The minimum atomic E-state index is 0.422. The van der Waals surface area contributed by atoms with Crippen LogP contribution in [0, 0.1) is 11.3 Å². The molecule has 21 heavy (non-hydrogen) atoms. The van der Waals surface area contributed by atoms with Crippen LogP contribution in [0.1, 0.15) is 37.4 Å². The molecule has 6 rings (SSSR count). The Balaban J connectivity index is 1.85. The highest BCUT2D eigenvalue weighted by molar-refractivity contribution is 6.02. The van der Waals surface area contributed by atoms with Crippen molar-refractivity contribution in [1.82, 2.24) is 9.97 Å². The monoisotopic (exact) mass is 274 g/mol. The molecule has 2 heteroatoms. The van der Waals surface area contributed by atoms with Gasteiger partial charge in [-0.3, -0.25) is 4.98 Å². The molecule has 1 aromatic carbocycles. The van der Waals surface area contributed by atoms with Gasteiger partial charge in [0.1, 0.15) is 0 Å². The van der Waals surface area contributed by atoms with E-state index in [4.69, 9.17) is 4.98 Å². The Kier molecular flexibility index (Phi) is 2.01. The highest BCUT2D eigenvalue weighted by atomic mass is 14.8. The predicted molar refractivity (Wildman–Crippen MR) is 85.4 cm³/mol. The Morgan fingerprint density at radius 3 is 2.81 bits per heavy atom. The van der Waals surface area contributed by atoms with E-state index in [1.165, 1.54) is 34.9 Å². The van der Waals surface area contributed by atoms with Gasteiger partial charge in [0.2, 0.25) is 0 Å². The lowest BCUT2D eigenvalue weighted by Crippen LogP contribution is -2.48. The summed E-state index contributed by atoms with van der Waals surface area (Å²) in [6, 6.07) is 10.8. The fourth-order valence-corrected chi connectivity index (χ4v) is 4.39. The van der Waals surface area contributed by atoms with Gasteiger partial charge in [-0.2, -0.15) is 0 Å². The molecule has 0 aliphatic heterocycles. The Bertz CT molecular complexity index is 895. The molecule has 2 unspecified atom stereocenters. The standard InChI is InChI=1S/C19H18N2/c1-19(2)14-9-13-8-12-6-5-11-4-3-7-20-17(11)18(12)21-16(13)15(19)10-14/h3-8,14-15H,9-10H2,1-2H3. The minimum absolute atomic E-state index is 0.422. The average molecular weight is 274 g/mol. The summed E-state index contributed by atoms with van der Waals surface area (Å²) in [4.78, 5) is 9.67. The van der Waals surface area contributed by atoms with E-state index >= 15 is 0 Å². The van der Waals surface area contributed by atoms with Gasteiger partial charge in [-0.05, 0) is 41.9 Å². The number of rotatable bonds is 0. The normalized spacial score (nSPS) is 25.6. The highest BCUT2D eigenvalue weighted by Crippen LogP contribution is 2.61. The third kappa shape index (κ3) is 1.38. The van der Waals surface area contributed by atoms with E-state index < -0.39 is 0 Å². The van der Waals surface area contributed by atoms with Crippen LogP contribution in [0.4, 0.5) is 0 Å². The van der Waals surface area contributed by atoms with Gasteiger partial charge < -0.3 is 0 Å². The van der Waals surface area contributed by atoms with Crippen molar-refractivity contribution in [3.8, 4) is 0 Å². The van der Waals surface area contributed by atoms with Crippen molar-refractivity contribution in [2.24, 2.45) is 11.3 Å². The Morgan fingerprint density at radius 2 is 1.95 bits per heavy atom. The summed E-state index contributed by atoms with van der Waals surface area (Å²) in [7, 11) is 0. The second-order valence-electron chi connectivity index (χ2n) is 7.26. The molecule has 1 fully saturated rings. The number of hydrogen-bond donors (Lipinski definition) is 0. The van der Waals surface area contributed by atoms with Crippen LogP contribution >= 0.6 is 0 Å². The highest BCUT2D eigenvalue weighted by Gasteiger charge is 2.53. The molecular weight excluding hydrogens is 256 g/mol. The fourth-order valence-electron chi connectivity index (χ4n) is 4.39. The lowest BCUT2D eigenvalue weighted by atomic mass is 9.48. The first-order chi connectivity index (χ1) is 10.1. The van der Waals surface area contributed by atoms with Gasteiger partial charge in [-0.15, -0.1) is 0 Å². The SMILES string of the molecule is CC1(C)C2Cc3cc4ccc5cccnc5c4nc3C1C2. The Hall–Kier alpha value is -1.96. The fraction of sp³-hybridized carbons (Fsp3) is 0.368. The van der Waals surface area contributed by atoms with Crippen molar-refractivity contribution in [3.63, 3.8) is 0 Å². The van der Waals surface area contributed by atoms with Crippen molar-refractivity contribution < 1.29 is 0 Å². The van der Waals surface area contributed by atoms with Crippen molar-refractivity contribution in [2.45, 2.75) is 32.6 Å². The van der Waals surface area contributed by atoms with Crippen LogP contribution in [0.3, 0.4) is 0 Å². The van der Waals surface area contributed by atoms with Gasteiger partial charge in [-0.25, -0.2) is 4.98 Å². The zero-order valence-corrected chi connectivity index (χ0v) is 12.4. The largest absolute Gasteiger partial charge is 0.254 e. The minimum Gasteiger partial charge on any atom is -0.254 e. The molecule has 2 heterocycles. The number of pyridine rings is 2. The lowest BCUT2D eigenvalue weighted by molar-refractivity contribution is 0.0158. The average Bonchev–Trinajstić information content (AvgIpc) is 2.52. The summed E-state index contributed by atoms with van der Waals surface area (Å²) < 4.78 is 0. The zero-order valence-electron chi connectivity index (χ0n) is 12.4. The van der Waals surface area contributed by atoms with Gasteiger partial charge >= 0.3 is 0 Å². The number of fused-ring (bicyclic) bond motifs is 3. The molecule has 2 atom stereocenters. The van der Waals surface area contributed by atoms with Gasteiger partial charge in [0.25, 0.3) is 0 Å². The van der Waals surface area contributed by atoms with Gasteiger partial charge in [0.05, 0.1) is 11.0 Å². The first-order valence-corrected chi connectivity index (χ1v) is 7.82. The first kappa shape index (κ1) is 11.7. The summed E-state index contributed by atoms with van der Waals surface area (Å²) in [6.45, 7) is 4.81. The smallest absolute Gasteiger partial charge is 0.0968 e. The van der Waals surface area contributed by atoms with E-state index in [1.807, 2.05) is 12.3 Å². The van der Waals surface area contributed by atoms with Crippen LogP contribution in [-0.2, 0) is 6.42 Å². The molecule has 0 radical (unpaired) electrons. The second kappa shape index (κ2) is 3.62. The van der Waals surface area contributed by atoms with Crippen molar-refractivity contribution in [1.29, 1.82) is 0 Å². The lowest BCUT2D eigenvalue weighted by Gasteiger charge is -2.56. The molecule has 104 valence electrons. The quantitative estimate of drug-likeness (QED) is 0.565. The van der Waals surface area contributed by atoms with E-state index in [2.05, 4.69) is 43.1 Å². The number of nitrogens with zero attached hydrogens (tertiary/aromatic N) is 2. The van der Waals surface area contributed by atoms with Crippen molar-refractivity contribution in [2.75, 3.05) is 0 Å². The summed E-state index contributed by atoms with van der Waals surface area (Å²) in [5, 5.41) is 2.41. The molecule has 1 saturated carbocycles. The van der Waals surface area contributed by atoms with Crippen LogP contribution in [0.25, 0.3) is 21.8 Å². The summed E-state index contributed by atoms with van der Waals surface area (Å²) in [5.41, 5.74) is 5.35. The molecule has 3 aromatic rings. The van der Waals surface area contributed by atoms with E-state index in [0.29, 0.717) is 11.3 Å². The maximum atomic E-state index is 5.10. The first-order valence-electron chi connectivity index (χ1n) is 7.82. The molecule has 0 spiro atoms. The molecule has 2 aromatic heterocycles. The Labute approximate surface area is 124 Å². The maximum Gasteiger partial charge on any atom is 0.0968 e. The topological polar surface area (TPSA) is 25.8 Å². The summed E-state index contributed by atoms with van der Waals surface area (Å²) in [6.07, 6.45) is 4.38. The van der Waals surface area contributed by atoms with Crippen LogP contribution in [0.15, 0.2) is 36.5 Å². The Morgan fingerprint density at radius 1 is 1.10 bits per heavy atom. The van der Waals surface area contributed by atoms with Crippen LogP contribution in [0.2, 0.25) is 0 Å². The molecule has 2 nitrogen and oxygen atoms in total. The molecule has 3 aliphatic rings. The molecule has 0 saturated heterocycles. The van der Waals surface area contributed by atoms with Gasteiger partial charge in [0, 0.05) is 28.6 Å². The van der Waals surface area contributed by atoms with Crippen molar-refractivity contribution >= 4 is 21.8 Å². The third-order valence-electron chi connectivity index (χ3n) is 5.94. The maximum absolute atomic E-state index is 5.10. The van der Waals surface area contributed by atoms with Crippen LogP contribution < -0.4 is 0 Å². The van der Waals surface area contributed by atoms with E-state index in [0.717, 1.165) is 17.0 Å². The number of benzene rings is 1. The van der Waals surface area contributed by atoms with Crippen LogP contribution in [-0.4, -0.2) is 9.97 Å². The second-order valence-corrected chi connectivity index (χ2v) is 7.26. The third-order valence-corrected chi connectivity index (χ3v) is 5.94. The van der Waals surface area contributed by atoms with Crippen molar-refractivity contribution in [3.05, 3.63) is 47.8 Å². The van der Waals surface area contributed by atoms with E-state index in [1.54, 1.807) is 0 Å². The number of hydrogen-bond acceptors (Lipinski definition) is 2. The molecule has 3 aliphatic carbocycles. The summed E-state index contributed by atoms with van der Waals surface area (Å²) >= 11 is 0. The van der Waals surface area contributed by atoms with Crippen LogP contribution in [0.5, 0.6) is 0 Å². The molecule has 2 bridgehead atoms. The van der Waals surface area contributed by atoms with E-state index in [-0.39, 0.29) is 0 Å². The molecular formula is C19H18N2. The zero-order chi connectivity index (χ0) is 14.2. The van der Waals surface area contributed by atoms with Gasteiger partial charge in [0.15, 0.2) is 0 Å².